The molecule has 0 saturated carbocycles. The zero-order valence-corrected chi connectivity index (χ0v) is 3.99. The third-order valence-corrected chi connectivity index (χ3v) is 0.554. The van der Waals surface area contributed by atoms with E-state index in [1.807, 2.05) is 0 Å². The molecule has 0 aromatic rings. The average Bonchev–Trinajstić information content (AvgIpc) is 1.84. The van der Waals surface area contributed by atoms with Crippen molar-refractivity contribution in [3.63, 3.8) is 0 Å². The second kappa shape index (κ2) is 2.86. The zero-order valence-electron chi connectivity index (χ0n) is 9.23. The Kier molecular flexibility index (Phi) is 0.662. The van der Waals surface area contributed by atoms with E-state index in [2.05, 4.69) is 0 Å². The molecule has 42 valence electrons. The molecule has 1 atom stereocenters. The van der Waals surface area contributed by atoms with Crippen molar-refractivity contribution in [2.45, 2.75) is 18.6 Å². The molecule has 1 unspecified atom stereocenters. The third kappa shape index (κ3) is 2.45. The van der Waals surface area contributed by atoms with Gasteiger partial charge < -0.3 is 5.11 Å². The lowest BCUT2D eigenvalue weighted by atomic mass is 10.3. The molecule has 0 aliphatic rings. The summed E-state index contributed by atoms with van der Waals surface area (Å²) in [5.74, 6) is -2.03. The smallest absolute Gasteiger partial charge is 0.321 e. The first kappa shape index (κ1) is 1.62. The van der Waals surface area contributed by atoms with Gasteiger partial charge in [-0.05, 0) is 6.37 Å². The Morgan fingerprint density at radius 3 is 3.29 bits per heavy atom. The molecule has 0 aromatic heterocycles. The van der Waals surface area contributed by atoms with Gasteiger partial charge >= 0.3 is 5.97 Å². The summed E-state index contributed by atoms with van der Waals surface area (Å²) in [6.07, 6.45) is -3.31. The van der Waals surface area contributed by atoms with Crippen LogP contribution in [0, 0.1) is 0 Å². The van der Waals surface area contributed by atoms with Crippen LogP contribution in [-0.2, 0) is 4.79 Å². The SMILES string of the molecule is [2H]C([2H])([2H])C([2H])([2H])C([2H])(Cl)C(=O)O. The molecule has 0 radical (unpaired) electrons. The topological polar surface area (TPSA) is 37.3 Å². The van der Waals surface area contributed by atoms with Crippen LogP contribution < -0.4 is 0 Å². The van der Waals surface area contributed by atoms with E-state index in [0.29, 0.717) is 0 Å². The third-order valence-electron chi connectivity index (χ3n) is 0.298. The van der Waals surface area contributed by atoms with E-state index in [1.54, 1.807) is 0 Å². The minimum Gasteiger partial charge on any atom is -0.480 e. The summed E-state index contributed by atoms with van der Waals surface area (Å²) in [4.78, 5) is 10.3. The van der Waals surface area contributed by atoms with Gasteiger partial charge in [0, 0.05) is 6.85 Å². The van der Waals surface area contributed by atoms with E-state index in [9.17, 15) is 4.79 Å². The first-order valence-electron chi connectivity index (χ1n) is 4.37. The summed E-state index contributed by atoms with van der Waals surface area (Å²) in [6, 6.07) is 0. The van der Waals surface area contributed by atoms with Crippen LogP contribution in [0.2, 0.25) is 0 Å². The molecule has 0 fully saturated rings. The highest BCUT2D eigenvalue weighted by atomic mass is 35.5. The first-order valence-corrected chi connectivity index (χ1v) is 1.74. The van der Waals surface area contributed by atoms with Crippen molar-refractivity contribution in [1.29, 1.82) is 0 Å². The lowest BCUT2D eigenvalue weighted by molar-refractivity contribution is -0.136. The normalized spacial score (nSPS) is 34.4. The van der Waals surface area contributed by atoms with Crippen LogP contribution in [0.25, 0.3) is 0 Å². The molecule has 0 aliphatic heterocycles. The van der Waals surface area contributed by atoms with Crippen LogP contribution in [0.15, 0.2) is 0 Å². The molecule has 0 heterocycles. The Balaban J connectivity index is 5.16. The number of hydrogen-bond acceptors (Lipinski definition) is 1. The van der Waals surface area contributed by atoms with Gasteiger partial charge in [0.05, 0.1) is 1.37 Å². The monoisotopic (exact) mass is 128 g/mol. The number of carboxylic acid groups (broad SMARTS) is 1. The molecule has 0 rings (SSSR count). The summed E-state index contributed by atoms with van der Waals surface area (Å²) in [5.41, 5.74) is 0. The van der Waals surface area contributed by atoms with Crippen molar-refractivity contribution in [3.05, 3.63) is 0 Å². The van der Waals surface area contributed by atoms with E-state index >= 15 is 0 Å². The molecule has 0 amide bonds. The van der Waals surface area contributed by atoms with Gasteiger partial charge in [0.25, 0.3) is 0 Å². The number of hydrogen-bond donors (Lipinski definition) is 1. The summed E-state index contributed by atoms with van der Waals surface area (Å²) in [5, 5.41) is 5.12. The van der Waals surface area contributed by atoms with Gasteiger partial charge in [-0.1, -0.05) is 6.85 Å². The predicted molar refractivity (Wildman–Crippen MR) is 27.6 cm³/mol. The van der Waals surface area contributed by atoms with Gasteiger partial charge in [-0.15, -0.1) is 11.6 Å². The fraction of sp³-hybridized carbons (Fsp3) is 0.750. The van der Waals surface area contributed by atoms with Crippen molar-refractivity contribution >= 4 is 17.6 Å². The number of carbonyl (C=O) groups is 1. The quantitative estimate of drug-likeness (QED) is 0.566. The van der Waals surface area contributed by atoms with Gasteiger partial charge in [-0.3, -0.25) is 4.79 Å². The zero-order chi connectivity index (χ0) is 11.1. The Hall–Kier alpha value is -0.240. The minimum absolute atomic E-state index is 2.03. The second-order valence-corrected chi connectivity index (χ2v) is 1.12. The number of alkyl halides is 1. The first-order chi connectivity index (χ1) is 5.44. The summed E-state index contributed by atoms with van der Waals surface area (Å²) in [7, 11) is 0. The Morgan fingerprint density at radius 1 is 2.57 bits per heavy atom. The maximum absolute atomic E-state index is 10.3. The average molecular weight is 129 g/mol. The highest BCUT2D eigenvalue weighted by molar-refractivity contribution is 6.29. The van der Waals surface area contributed by atoms with Crippen molar-refractivity contribution < 1.29 is 18.1 Å². The summed E-state index contributed by atoms with van der Waals surface area (Å²) in [6.45, 7) is -3.26. The molecule has 0 spiro atoms. The Labute approximate surface area is 55.5 Å². The van der Waals surface area contributed by atoms with E-state index < -0.39 is 24.5 Å². The fourth-order valence-electron chi connectivity index (χ4n) is 0.0535. The van der Waals surface area contributed by atoms with Crippen LogP contribution >= 0.6 is 11.6 Å². The van der Waals surface area contributed by atoms with Gasteiger partial charge in [0.2, 0.25) is 0 Å². The van der Waals surface area contributed by atoms with Gasteiger partial charge in [-0.2, -0.15) is 0 Å². The van der Waals surface area contributed by atoms with E-state index in [0.717, 1.165) is 0 Å². The van der Waals surface area contributed by atoms with Crippen molar-refractivity contribution in [2.75, 3.05) is 0 Å². The highest BCUT2D eigenvalue weighted by Crippen LogP contribution is 1.98. The van der Waals surface area contributed by atoms with Crippen molar-refractivity contribution in [2.24, 2.45) is 0 Å². The largest absolute Gasteiger partial charge is 0.480 e. The molecule has 0 aromatic carbocycles. The molecule has 1 N–H and O–H groups in total. The number of aliphatic carboxylic acids is 1. The van der Waals surface area contributed by atoms with Crippen LogP contribution in [-0.4, -0.2) is 16.4 Å². The molecule has 2 nitrogen and oxygen atoms in total. The van der Waals surface area contributed by atoms with Crippen LogP contribution in [0.5, 0.6) is 0 Å². The van der Waals surface area contributed by atoms with E-state index in [1.165, 1.54) is 0 Å². The summed E-state index contributed by atoms with van der Waals surface area (Å²) >= 11 is 4.98. The molecular formula is C4H7ClO2. The number of carboxylic acids is 1. The molecule has 0 aliphatic carbocycles. The van der Waals surface area contributed by atoms with E-state index in [4.69, 9.17) is 24.9 Å². The number of halogens is 1. The highest BCUT2D eigenvalue weighted by Gasteiger charge is 2.08. The van der Waals surface area contributed by atoms with E-state index in [-0.39, 0.29) is 0 Å². The Morgan fingerprint density at radius 2 is 3.14 bits per heavy atom. The van der Waals surface area contributed by atoms with Gasteiger partial charge in [-0.25, -0.2) is 0 Å². The lowest BCUT2D eigenvalue weighted by Crippen LogP contribution is -2.10. The maximum atomic E-state index is 10.3. The van der Waals surface area contributed by atoms with Crippen LogP contribution in [0.3, 0.4) is 0 Å². The molecular weight excluding hydrogens is 115 g/mol. The Bertz CT molecular complexity index is 221. The number of rotatable bonds is 2. The van der Waals surface area contributed by atoms with Crippen molar-refractivity contribution in [1.82, 2.24) is 0 Å². The molecule has 7 heavy (non-hydrogen) atoms. The summed E-state index contributed by atoms with van der Waals surface area (Å²) < 4.78 is 40.7. The van der Waals surface area contributed by atoms with Gasteiger partial charge in [0.1, 0.15) is 5.35 Å². The standard InChI is InChI=1S/C4H7ClO2/c1-2-3(5)4(6)7/h3H,2H2,1H3,(H,6,7)/i1D3,2D2,3D. The molecule has 0 bridgehead atoms. The van der Waals surface area contributed by atoms with Gasteiger partial charge in [0.15, 0.2) is 0 Å². The second-order valence-electron chi connectivity index (χ2n) is 0.744. The molecule has 0 saturated heterocycles. The fourth-order valence-corrected chi connectivity index (χ4v) is 0.0535. The molecule has 3 heteroatoms. The lowest BCUT2D eigenvalue weighted by Gasteiger charge is -1.93. The predicted octanol–water partition coefficient (Wildman–Crippen LogP) is 1.09. The maximum Gasteiger partial charge on any atom is 0.321 e. The minimum atomic E-state index is -3.31. The van der Waals surface area contributed by atoms with Crippen molar-refractivity contribution in [3.8, 4) is 0 Å². The van der Waals surface area contributed by atoms with Crippen LogP contribution in [0.1, 0.15) is 21.4 Å². The van der Waals surface area contributed by atoms with Crippen LogP contribution in [0.4, 0.5) is 0 Å².